The smallest absolute Gasteiger partial charge is 0.274 e. The standard InChI is InChI=1S/C12H16N4O/c1-7(2)5-9-6-10(17)16-12(13-9)14-11(15-16)8-3-4-8/h6-8H,3-5H2,1-2H3,(H,13,14,15). The van der Waals surface area contributed by atoms with E-state index in [0.717, 1.165) is 30.8 Å². The maximum Gasteiger partial charge on any atom is 0.274 e. The van der Waals surface area contributed by atoms with Gasteiger partial charge in [0, 0.05) is 12.0 Å². The van der Waals surface area contributed by atoms with Crippen molar-refractivity contribution in [2.24, 2.45) is 5.92 Å². The summed E-state index contributed by atoms with van der Waals surface area (Å²) in [7, 11) is 0. The Balaban J connectivity index is 2.08. The third-order valence-corrected chi connectivity index (χ3v) is 2.98. The molecule has 0 bridgehead atoms. The van der Waals surface area contributed by atoms with Crippen molar-refractivity contribution in [3.05, 3.63) is 27.9 Å². The van der Waals surface area contributed by atoms with Crippen molar-refractivity contribution in [2.75, 3.05) is 0 Å². The summed E-state index contributed by atoms with van der Waals surface area (Å²) in [5.41, 5.74) is 0.767. The van der Waals surface area contributed by atoms with Crippen LogP contribution in [0.1, 0.15) is 44.1 Å². The minimum absolute atomic E-state index is 0.0648. The highest BCUT2D eigenvalue weighted by molar-refractivity contribution is 5.29. The summed E-state index contributed by atoms with van der Waals surface area (Å²) in [6, 6.07) is 1.60. The van der Waals surface area contributed by atoms with Gasteiger partial charge in [-0.3, -0.25) is 9.89 Å². The Bertz CT molecular complexity index is 606. The largest absolute Gasteiger partial charge is 0.275 e. The molecule has 0 spiro atoms. The summed E-state index contributed by atoms with van der Waals surface area (Å²) in [4.78, 5) is 20.7. The number of hydrogen-bond acceptors (Lipinski definition) is 3. The Labute approximate surface area is 98.9 Å². The molecule has 1 aliphatic carbocycles. The Hall–Kier alpha value is -1.65. The number of H-pyrrole nitrogens is 1. The lowest BCUT2D eigenvalue weighted by atomic mass is 10.1. The Morgan fingerprint density at radius 1 is 1.47 bits per heavy atom. The maximum atomic E-state index is 11.9. The normalized spacial score (nSPS) is 15.9. The Morgan fingerprint density at radius 3 is 2.88 bits per heavy atom. The third-order valence-electron chi connectivity index (χ3n) is 2.98. The van der Waals surface area contributed by atoms with E-state index in [9.17, 15) is 4.79 Å². The molecule has 0 aromatic carbocycles. The van der Waals surface area contributed by atoms with E-state index in [1.54, 1.807) is 6.07 Å². The van der Waals surface area contributed by atoms with Gasteiger partial charge in [-0.1, -0.05) is 13.8 Å². The molecule has 1 fully saturated rings. The molecular weight excluding hydrogens is 216 g/mol. The molecule has 2 aromatic heterocycles. The van der Waals surface area contributed by atoms with Crippen molar-refractivity contribution in [1.82, 2.24) is 19.6 Å². The second kappa shape index (κ2) is 3.68. The van der Waals surface area contributed by atoms with E-state index < -0.39 is 0 Å². The molecule has 5 nitrogen and oxygen atoms in total. The molecule has 0 amide bonds. The van der Waals surface area contributed by atoms with Crippen molar-refractivity contribution in [2.45, 2.75) is 39.0 Å². The maximum absolute atomic E-state index is 11.9. The zero-order valence-electron chi connectivity index (χ0n) is 10.1. The van der Waals surface area contributed by atoms with Gasteiger partial charge in [-0.25, -0.2) is 4.98 Å². The summed E-state index contributed by atoms with van der Waals surface area (Å²) in [5.74, 6) is 2.40. The first-order valence-electron chi connectivity index (χ1n) is 6.12. The first-order valence-corrected chi connectivity index (χ1v) is 6.12. The SMILES string of the molecule is CC(C)Cc1cc(=O)n2[nH]c(C3CC3)nc2n1. The fourth-order valence-corrected chi connectivity index (χ4v) is 2.01. The van der Waals surface area contributed by atoms with Crippen molar-refractivity contribution in [1.29, 1.82) is 0 Å². The van der Waals surface area contributed by atoms with E-state index in [0.29, 0.717) is 17.6 Å². The lowest BCUT2D eigenvalue weighted by Crippen LogP contribution is -2.16. The molecule has 0 aliphatic heterocycles. The van der Waals surface area contributed by atoms with E-state index in [1.165, 1.54) is 4.52 Å². The Morgan fingerprint density at radius 2 is 2.24 bits per heavy atom. The number of nitrogens with one attached hydrogen (secondary N) is 1. The van der Waals surface area contributed by atoms with Crippen LogP contribution in [0.15, 0.2) is 10.9 Å². The minimum Gasteiger partial charge on any atom is -0.275 e. The first-order chi connectivity index (χ1) is 8.13. The monoisotopic (exact) mass is 232 g/mol. The van der Waals surface area contributed by atoms with Crippen LogP contribution in [0.25, 0.3) is 5.78 Å². The van der Waals surface area contributed by atoms with Gasteiger partial charge in [0.15, 0.2) is 0 Å². The van der Waals surface area contributed by atoms with E-state index >= 15 is 0 Å². The predicted octanol–water partition coefficient (Wildman–Crippen LogP) is 1.49. The molecule has 1 aliphatic rings. The van der Waals surface area contributed by atoms with Gasteiger partial charge in [-0.15, -0.1) is 0 Å². The van der Waals surface area contributed by atoms with Crippen molar-refractivity contribution in [3.63, 3.8) is 0 Å². The van der Waals surface area contributed by atoms with Crippen LogP contribution in [0.3, 0.4) is 0 Å². The average Bonchev–Trinajstić information content (AvgIpc) is 2.98. The lowest BCUT2D eigenvalue weighted by Gasteiger charge is -2.02. The fraction of sp³-hybridized carbons (Fsp3) is 0.583. The van der Waals surface area contributed by atoms with Crippen LogP contribution in [0, 0.1) is 5.92 Å². The molecule has 2 aromatic rings. The first kappa shape index (κ1) is 10.5. The van der Waals surface area contributed by atoms with Gasteiger partial charge in [-0.2, -0.15) is 9.50 Å². The van der Waals surface area contributed by atoms with E-state index in [2.05, 4.69) is 28.9 Å². The van der Waals surface area contributed by atoms with Crippen LogP contribution in [-0.4, -0.2) is 19.6 Å². The number of aromatic amines is 1. The molecule has 17 heavy (non-hydrogen) atoms. The van der Waals surface area contributed by atoms with Crippen LogP contribution in [0.4, 0.5) is 0 Å². The highest BCUT2D eigenvalue weighted by Gasteiger charge is 2.27. The molecule has 0 atom stereocenters. The van der Waals surface area contributed by atoms with Gasteiger partial charge in [0.05, 0.1) is 5.69 Å². The Kier molecular flexibility index (Phi) is 2.28. The van der Waals surface area contributed by atoms with Gasteiger partial charge in [-0.05, 0) is 25.2 Å². The zero-order chi connectivity index (χ0) is 12.0. The van der Waals surface area contributed by atoms with E-state index in [1.807, 2.05) is 0 Å². The molecule has 90 valence electrons. The van der Waals surface area contributed by atoms with Gasteiger partial charge in [0.2, 0.25) is 0 Å². The van der Waals surface area contributed by atoms with Crippen molar-refractivity contribution in [3.8, 4) is 0 Å². The average molecular weight is 232 g/mol. The van der Waals surface area contributed by atoms with E-state index in [4.69, 9.17) is 0 Å². The topological polar surface area (TPSA) is 63.0 Å². The van der Waals surface area contributed by atoms with Gasteiger partial charge < -0.3 is 0 Å². The van der Waals surface area contributed by atoms with Crippen LogP contribution in [-0.2, 0) is 6.42 Å². The highest BCUT2D eigenvalue weighted by Crippen LogP contribution is 2.37. The molecule has 3 rings (SSSR count). The van der Waals surface area contributed by atoms with Crippen molar-refractivity contribution < 1.29 is 0 Å². The summed E-state index contributed by atoms with van der Waals surface area (Å²) in [6.07, 6.45) is 3.14. The summed E-state index contributed by atoms with van der Waals surface area (Å²) in [6.45, 7) is 4.23. The molecule has 0 unspecified atom stereocenters. The number of nitrogens with zero attached hydrogens (tertiary/aromatic N) is 3. The number of aromatic nitrogens is 4. The second-order valence-electron chi connectivity index (χ2n) is 5.20. The summed E-state index contributed by atoms with van der Waals surface area (Å²) < 4.78 is 1.44. The number of fused-ring (bicyclic) bond motifs is 1. The van der Waals surface area contributed by atoms with Gasteiger partial charge in [0.1, 0.15) is 5.82 Å². The molecule has 0 saturated heterocycles. The van der Waals surface area contributed by atoms with Crippen LogP contribution >= 0.6 is 0 Å². The third kappa shape index (κ3) is 1.97. The lowest BCUT2D eigenvalue weighted by molar-refractivity contribution is 0.633. The van der Waals surface area contributed by atoms with Gasteiger partial charge in [0.25, 0.3) is 11.3 Å². The molecule has 5 heteroatoms. The predicted molar refractivity (Wildman–Crippen MR) is 64.1 cm³/mol. The number of rotatable bonds is 3. The van der Waals surface area contributed by atoms with Crippen LogP contribution < -0.4 is 5.56 Å². The van der Waals surface area contributed by atoms with Crippen molar-refractivity contribution >= 4 is 5.78 Å². The second-order valence-corrected chi connectivity index (χ2v) is 5.20. The van der Waals surface area contributed by atoms with E-state index in [-0.39, 0.29) is 5.56 Å². The number of hydrogen-bond donors (Lipinski definition) is 1. The quantitative estimate of drug-likeness (QED) is 0.872. The minimum atomic E-state index is -0.0648. The molecule has 2 heterocycles. The molecule has 1 N–H and O–H groups in total. The van der Waals surface area contributed by atoms with Gasteiger partial charge >= 0.3 is 0 Å². The highest BCUT2D eigenvalue weighted by atomic mass is 16.1. The summed E-state index contributed by atoms with van der Waals surface area (Å²) >= 11 is 0. The zero-order valence-corrected chi connectivity index (χ0v) is 10.1. The van der Waals surface area contributed by atoms with Crippen LogP contribution in [0.5, 0.6) is 0 Å². The molecule has 1 saturated carbocycles. The fourth-order valence-electron chi connectivity index (χ4n) is 2.01. The summed E-state index contributed by atoms with van der Waals surface area (Å²) in [5, 5.41) is 3.04. The molecule has 0 radical (unpaired) electrons. The molecular formula is C12H16N4O. The van der Waals surface area contributed by atoms with Crippen LogP contribution in [0.2, 0.25) is 0 Å².